The van der Waals surface area contributed by atoms with Crippen molar-refractivity contribution in [3.63, 3.8) is 0 Å². The van der Waals surface area contributed by atoms with Gasteiger partial charge in [-0.05, 0) is 38.8 Å². The van der Waals surface area contributed by atoms with Gasteiger partial charge in [-0.15, -0.1) is 0 Å². The minimum absolute atomic E-state index is 0.0200. The highest BCUT2D eigenvalue weighted by Crippen LogP contribution is 2.26. The summed E-state index contributed by atoms with van der Waals surface area (Å²) < 4.78 is 5.29. The molecule has 1 saturated heterocycles. The van der Waals surface area contributed by atoms with Gasteiger partial charge in [0.05, 0.1) is 24.9 Å². The van der Waals surface area contributed by atoms with Crippen molar-refractivity contribution in [2.75, 3.05) is 31.7 Å². The van der Waals surface area contributed by atoms with E-state index in [-0.39, 0.29) is 24.5 Å². The number of methoxy groups -OCH3 is 1. The summed E-state index contributed by atoms with van der Waals surface area (Å²) in [6.45, 7) is 5.21. The molecule has 140 valence electrons. The molecule has 26 heavy (non-hydrogen) atoms. The topological polar surface area (TPSA) is 87.6 Å². The third-order valence-electron chi connectivity index (χ3n) is 4.89. The third-order valence-corrected chi connectivity index (χ3v) is 4.89. The average molecular weight is 358 g/mol. The first-order chi connectivity index (χ1) is 12.5. The van der Waals surface area contributed by atoms with Crippen molar-refractivity contribution in [1.29, 1.82) is 0 Å². The van der Waals surface area contributed by atoms with E-state index < -0.39 is 0 Å². The summed E-state index contributed by atoms with van der Waals surface area (Å²) in [6.07, 6.45) is 1.51. The Morgan fingerprint density at radius 2 is 2.12 bits per heavy atom. The molecule has 1 atom stereocenters. The van der Waals surface area contributed by atoms with E-state index in [0.717, 1.165) is 48.3 Å². The predicted octanol–water partition coefficient (Wildman–Crippen LogP) is 1.66. The molecule has 3 rings (SSSR count). The van der Waals surface area contributed by atoms with E-state index in [0.29, 0.717) is 5.95 Å². The Morgan fingerprint density at radius 3 is 2.77 bits per heavy atom. The first-order valence-corrected chi connectivity index (χ1v) is 9.00. The molecule has 0 bridgehead atoms. The van der Waals surface area contributed by atoms with Gasteiger partial charge in [0.2, 0.25) is 11.9 Å². The lowest BCUT2D eigenvalue weighted by Gasteiger charge is -2.32. The monoisotopic (exact) mass is 358 g/mol. The van der Waals surface area contributed by atoms with Crippen LogP contribution in [0, 0.1) is 12.8 Å². The van der Waals surface area contributed by atoms with Crippen LogP contribution in [0.5, 0.6) is 5.75 Å². The second-order valence-corrected chi connectivity index (χ2v) is 6.85. The van der Waals surface area contributed by atoms with E-state index >= 15 is 0 Å². The number of amides is 1. The van der Waals surface area contributed by atoms with Crippen molar-refractivity contribution in [2.24, 2.45) is 5.92 Å². The number of aliphatic hydroxyl groups excluding tert-OH is 1. The Balaban J connectivity index is 1.72. The fourth-order valence-electron chi connectivity index (χ4n) is 3.27. The summed E-state index contributed by atoms with van der Waals surface area (Å²) in [5.41, 5.74) is 1.80. The molecule has 7 nitrogen and oxygen atoms in total. The van der Waals surface area contributed by atoms with Crippen LogP contribution in [-0.2, 0) is 4.79 Å². The Bertz CT molecular complexity index is 788. The zero-order chi connectivity index (χ0) is 18.7. The standard InChI is InChI=1S/C19H26N4O3/c1-12(11-24)20-18(25)14-6-8-23(9-7-14)19-21-13(2)16-5-4-15(26-3)10-17(16)22-19/h4-5,10,12,14,24H,6-9,11H2,1-3H3,(H,20,25). The predicted molar refractivity (Wildman–Crippen MR) is 100 cm³/mol. The molecule has 0 aliphatic carbocycles. The molecule has 1 aliphatic rings. The van der Waals surface area contributed by atoms with E-state index in [2.05, 4.69) is 15.2 Å². The third kappa shape index (κ3) is 3.88. The number of aliphatic hydroxyl groups is 1. The molecular formula is C19H26N4O3. The Hall–Kier alpha value is -2.41. The van der Waals surface area contributed by atoms with Gasteiger partial charge in [0.1, 0.15) is 5.75 Å². The summed E-state index contributed by atoms with van der Waals surface area (Å²) in [7, 11) is 1.64. The fourth-order valence-corrected chi connectivity index (χ4v) is 3.27. The number of aromatic nitrogens is 2. The number of nitrogens with zero attached hydrogens (tertiary/aromatic N) is 3. The van der Waals surface area contributed by atoms with Crippen molar-refractivity contribution in [3.05, 3.63) is 23.9 Å². The van der Waals surface area contributed by atoms with E-state index in [1.165, 1.54) is 0 Å². The van der Waals surface area contributed by atoms with Crippen LogP contribution >= 0.6 is 0 Å². The number of rotatable bonds is 5. The van der Waals surface area contributed by atoms with Crippen LogP contribution in [0.1, 0.15) is 25.5 Å². The maximum atomic E-state index is 12.2. The van der Waals surface area contributed by atoms with Gasteiger partial charge in [0.15, 0.2) is 0 Å². The number of benzene rings is 1. The van der Waals surface area contributed by atoms with Crippen molar-refractivity contribution >= 4 is 22.8 Å². The number of aryl methyl sites for hydroxylation is 1. The Morgan fingerprint density at radius 1 is 1.38 bits per heavy atom. The normalized spacial score (nSPS) is 16.5. The van der Waals surface area contributed by atoms with Crippen molar-refractivity contribution in [2.45, 2.75) is 32.7 Å². The SMILES string of the molecule is COc1ccc2c(C)nc(N3CCC(C(=O)NC(C)CO)CC3)nc2c1. The van der Waals surface area contributed by atoms with Crippen molar-refractivity contribution < 1.29 is 14.6 Å². The Kier molecular flexibility index (Phi) is 5.56. The van der Waals surface area contributed by atoms with E-state index in [4.69, 9.17) is 14.8 Å². The molecule has 1 aliphatic heterocycles. The van der Waals surface area contributed by atoms with Gasteiger partial charge in [0, 0.05) is 36.5 Å². The van der Waals surface area contributed by atoms with E-state index in [1.54, 1.807) is 14.0 Å². The van der Waals surface area contributed by atoms with Crippen LogP contribution in [0.2, 0.25) is 0 Å². The van der Waals surface area contributed by atoms with Crippen LogP contribution in [0.4, 0.5) is 5.95 Å². The van der Waals surface area contributed by atoms with Crippen LogP contribution < -0.4 is 15.0 Å². The zero-order valence-corrected chi connectivity index (χ0v) is 15.5. The van der Waals surface area contributed by atoms with Gasteiger partial charge in [-0.2, -0.15) is 0 Å². The second-order valence-electron chi connectivity index (χ2n) is 6.85. The molecule has 2 N–H and O–H groups in total. The fraction of sp³-hybridized carbons (Fsp3) is 0.526. The summed E-state index contributed by atoms with van der Waals surface area (Å²) in [5, 5.41) is 12.9. The van der Waals surface area contributed by atoms with Gasteiger partial charge in [0.25, 0.3) is 0 Å². The second kappa shape index (κ2) is 7.86. The molecular weight excluding hydrogens is 332 g/mol. The van der Waals surface area contributed by atoms with Gasteiger partial charge in [-0.25, -0.2) is 9.97 Å². The van der Waals surface area contributed by atoms with Gasteiger partial charge in [-0.3, -0.25) is 4.79 Å². The molecule has 1 amide bonds. The molecule has 2 heterocycles. The number of hydrogen-bond donors (Lipinski definition) is 2. The molecule has 1 aromatic carbocycles. The number of nitrogens with one attached hydrogen (secondary N) is 1. The minimum atomic E-state index is -0.206. The molecule has 1 unspecified atom stereocenters. The Labute approximate surface area is 153 Å². The smallest absolute Gasteiger partial charge is 0.226 e. The number of carbonyl (C=O) groups is 1. The maximum Gasteiger partial charge on any atom is 0.226 e. The van der Waals surface area contributed by atoms with Crippen LogP contribution in [0.15, 0.2) is 18.2 Å². The van der Waals surface area contributed by atoms with Crippen molar-refractivity contribution in [1.82, 2.24) is 15.3 Å². The summed E-state index contributed by atoms with van der Waals surface area (Å²) >= 11 is 0. The van der Waals surface area contributed by atoms with Crippen molar-refractivity contribution in [3.8, 4) is 5.75 Å². The molecule has 1 fully saturated rings. The molecule has 0 radical (unpaired) electrons. The molecule has 2 aromatic rings. The molecule has 1 aromatic heterocycles. The lowest BCUT2D eigenvalue weighted by atomic mass is 9.96. The first kappa shape index (κ1) is 18.4. The maximum absolute atomic E-state index is 12.2. The quantitative estimate of drug-likeness (QED) is 0.845. The highest BCUT2D eigenvalue weighted by Gasteiger charge is 2.27. The lowest BCUT2D eigenvalue weighted by molar-refractivity contribution is -0.126. The zero-order valence-electron chi connectivity index (χ0n) is 15.5. The summed E-state index contributed by atoms with van der Waals surface area (Å²) in [4.78, 5) is 23.7. The van der Waals surface area contributed by atoms with Gasteiger partial charge >= 0.3 is 0 Å². The lowest BCUT2D eigenvalue weighted by Crippen LogP contribution is -2.44. The molecule has 7 heteroatoms. The number of fused-ring (bicyclic) bond motifs is 1. The molecule has 0 spiro atoms. The number of piperidine rings is 1. The highest BCUT2D eigenvalue weighted by molar-refractivity contribution is 5.83. The average Bonchev–Trinajstić information content (AvgIpc) is 2.67. The largest absolute Gasteiger partial charge is 0.497 e. The number of anilines is 1. The van der Waals surface area contributed by atoms with Crippen LogP contribution in [0.3, 0.4) is 0 Å². The van der Waals surface area contributed by atoms with E-state index in [9.17, 15) is 4.79 Å². The number of ether oxygens (including phenoxy) is 1. The van der Waals surface area contributed by atoms with E-state index in [1.807, 2.05) is 25.1 Å². The number of carbonyl (C=O) groups excluding carboxylic acids is 1. The van der Waals surface area contributed by atoms with Crippen LogP contribution in [0.25, 0.3) is 10.9 Å². The van der Waals surface area contributed by atoms with Gasteiger partial charge < -0.3 is 20.1 Å². The molecule has 0 saturated carbocycles. The van der Waals surface area contributed by atoms with Gasteiger partial charge in [-0.1, -0.05) is 0 Å². The first-order valence-electron chi connectivity index (χ1n) is 9.00. The summed E-state index contributed by atoms with van der Waals surface area (Å²) in [6, 6.07) is 5.61. The number of hydrogen-bond acceptors (Lipinski definition) is 6. The highest BCUT2D eigenvalue weighted by atomic mass is 16.5. The van der Waals surface area contributed by atoms with Crippen LogP contribution in [-0.4, -0.2) is 53.8 Å². The summed E-state index contributed by atoms with van der Waals surface area (Å²) in [5.74, 6) is 1.47. The minimum Gasteiger partial charge on any atom is -0.497 e.